The second kappa shape index (κ2) is 7.34. The lowest BCUT2D eigenvalue weighted by Gasteiger charge is -2.07. The minimum atomic E-state index is 0.455. The van der Waals surface area contributed by atoms with Gasteiger partial charge < -0.3 is 4.74 Å². The lowest BCUT2D eigenvalue weighted by Crippen LogP contribution is -1.99. The van der Waals surface area contributed by atoms with E-state index in [1.54, 1.807) is 22.2 Å². The maximum absolute atomic E-state index is 5.74. The number of ether oxygens (including phenoxy) is 1. The number of para-hydroxylation sites is 1. The van der Waals surface area contributed by atoms with E-state index in [4.69, 9.17) is 17.0 Å². The van der Waals surface area contributed by atoms with Crippen LogP contribution in [0.5, 0.6) is 5.75 Å². The van der Waals surface area contributed by atoms with Crippen molar-refractivity contribution in [2.75, 3.05) is 6.61 Å². The fourth-order valence-electron chi connectivity index (χ4n) is 2.01. The zero-order chi connectivity index (χ0) is 16.1. The lowest BCUT2D eigenvalue weighted by molar-refractivity contribution is 0.317. The van der Waals surface area contributed by atoms with Crippen LogP contribution in [0.2, 0.25) is 0 Å². The van der Waals surface area contributed by atoms with Gasteiger partial charge in [0.1, 0.15) is 5.75 Å². The molecule has 5 nitrogen and oxygen atoms in total. The van der Waals surface area contributed by atoms with Gasteiger partial charge in [-0.15, -0.1) is 11.3 Å². The van der Waals surface area contributed by atoms with Crippen LogP contribution in [0.25, 0.3) is 10.7 Å². The van der Waals surface area contributed by atoms with Gasteiger partial charge >= 0.3 is 0 Å². The number of hydrogen-bond acceptors (Lipinski definition) is 5. The van der Waals surface area contributed by atoms with Crippen molar-refractivity contribution in [2.45, 2.75) is 13.3 Å². The predicted molar refractivity (Wildman–Crippen MR) is 95.9 cm³/mol. The number of nitrogens with one attached hydrogen (secondary N) is 1. The topological polar surface area (TPSA) is 55.2 Å². The monoisotopic (exact) mass is 344 g/mol. The van der Waals surface area contributed by atoms with Crippen LogP contribution >= 0.6 is 23.6 Å². The Kier molecular flexibility index (Phi) is 4.99. The average molecular weight is 344 g/mol. The highest BCUT2D eigenvalue weighted by Crippen LogP contribution is 2.23. The first-order valence-corrected chi connectivity index (χ1v) is 8.56. The number of rotatable bonds is 6. The fraction of sp³-hybridized carbons (Fsp3) is 0.188. The van der Waals surface area contributed by atoms with Gasteiger partial charge in [-0.05, 0) is 42.2 Å². The fourth-order valence-corrected chi connectivity index (χ4v) is 2.89. The van der Waals surface area contributed by atoms with E-state index < -0.39 is 0 Å². The Morgan fingerprint density at radius 1 is 1.35 bits per heavy atom. The van der Waals surface area contributed by atoms with Gasteiger partial charge in [-0.1, -0.05) is 25.1 Å². The molecule has 1 N–H and O–H groups in total. The first-order chi connectivity index (χ1) is 11.3. The molecule has 0 aliphatic rings. The van der Waals surface area contributed by atoms with Gasteiger partial charge in [0.25, 0.3) is 0 Å². The smallest absolute Gasteiger partial charge is 0.216 e. The highest BCUT2D eigenvalue weighted by Gasteiger charge is 2.09. The Hall–Kier alpha value is -2.25. The van der Waals surface area contributed by atoms with Gasteiger partial charge in [0.15, 0.2) is 5.82 Å². The number of benzene rings is 1. The van der Waals surface area contributed by atoms with Gasteiger partial charge in [-0.3, -0.25) is 0 Å². The van der Waals surface area contributed by atoms with Crippen molar-refractivity contribution in [3.05, 3.63) is 52.1 Å². The third-order valence-corrected chi connectivity index (χ3v) is 4.22. The van der Waals surface area contributed by atoms with E-state index in [-0.39, 0.29) is 0 Å². The van der Waals surface area contributed by atoms with Gasteiger partial charge in [-0.2, -0.15) is 14.9 Å². The summed E-state index contributed by atoms with van der Waals surface area (Å²) in [6, 6.07) is 11.8. The molecular weight excluding hydrogens is 328 g/mol. The van der Waals surface area contributed by atoms with Gasteiger partial charge in [-0.25, -0.2) is 5.10 Å². The second-order valence-electron chi connectivity index (χ2n) is 4.77. The van der Waals surface area contributed by atoms with E-state index in [1.165, 1.54) is 0 Å². The quantitative estimate of drug-likeness (QED) is 0.534. The molecule has 0 radical (unpaired) electrons. The van der Waals surface area contributed by atoms with Gasteiger partial charge in [0.05, 0.1) is 17.7 Å². The maximum Gasteiger partial charge on any atom is 0.216 e. The molecule has 3 aromatic rings. The molecule has 7 heteroatoms. The Morgan fingerprint density at radius 2 is 2.22 bits per heavy atom. The summed E-state index contributed by atoms with van der Waals surface area (Å²) in [5, 5.41) is 13.5. The number of H-pyrrole nitrogens is 1. The molecule has 0 saturated heterocycles. The number of aromatic amines is 1. The summed E-state index contributed by atoms with van der Waals surface area (Å²) >= 11 is 6.86. The van der Waals surface area contributed by atoms with Crippen LogP contribution in [0.4, 0.5) is 0 Å². The van der Waals surface area contributed by atoms with Crippen molar-refractivity contribution >= 4 is 29.8 Å². The summed E-state index contributed by atoms with van der Waals surface area (Å²) in [6.45, 7) is 2.76. The molecule has 23 heavy (non-hydrogen) atoms. The summed E-state index contributed by atoms with van der Waals surface area (Å²) in [6.07, 6.45) is 2.70. The molecule has 1 aromatic carbocycles. The van der Waals surface area contributed by atoms with Crippen LogP contribution in [-0.2, 0) is 0 Å². The highest BCUT2D eigenvalue weighted by atomic mass is 32.1. The Labute approximate surface area is 143 Å². The molecule has 0 amide bonds. The second-order valence-corrected chi connectivity index (χ2v) is 6.11. The summed E-state index contributed by atoms with van der Waals surface area (Å²) in [5.41, 5.74) is 0.904. The molecule has 0 saturated carbocycles. The van der Waals surface area contributed by atoms with E-state index in [9.17, 15) is 0 Å². The number of nitrogens with zero attached hydrogens (tertiary/aromatic N) is 3. The summed E-state index contributed by atoms with van der Waals surface area (Å²) in [7, 11) is 0. The molecule has 0 unspecified atom stereocenters. The standard InChI is InChI=1S/C16H16N4OS2/c1-2-9-21-13-7-4-3-6-12(13)11-17-20-15(18-19-16(20)22)14-8-5-10-23-14/h3-8,10-11H,2,9H2,1H3,(H,19,22)/b17-11-. The zero-order valence-electron chi connectivity index (χ0n) is 12.6. The van der Waals surface area contributed by atoms with Crippen molar-refractivity contribution in [3.8, 4) is 16.5 Å². The Bertz CT molecular complexity index is 849. The first-order valence-electron chi connectivity index (χ1n) is 7.27. The van der Waals surface area contributed by atoms with E-state index in [0.717, 1.165) is 22.6 Å². The van der Waals surface area contributed by atoms with Crippen LogP contribution in [0.3, 0.4) is 0 Å². The van der Waals surface area contributed by atoms with E-state index in [0.29, 0.717) is 17.2 Å². The van der Waals surface area contributed by atoms with Crippen molar-refractivity contribution in [1.29, 1.82) is 0 Å². The summed E-state index contributed by atoms with van der Waals surface area (Å²) < 4.78 is 7.82. The first kappa shape index (κ1) is 15.6. The molecule has 118 valence electrons. The molecule has 0 fully saturated rings. The van der Waals surface area contributed by atoms with Crippen LogP contribution in [0.1, 0.15) is 18.9 Å². The molecule has 0 aliphatic heterocycles. The number of thiophene rings is 1. The maximum atomic E-state index is 5.74. The molecule has 0 bridgehead atoms. The zero-order valence-corrected chi connectivity index (χ0v) is 14.2. The summed E-state index contributed by atoms with van der Waals surface area (Å²) in [5.74, 6) is 1.51. The third-order valence-electron chi connectivity index (χ3n) is 3.08. The van der Waals surface area contributed by atoms with Crippen LogP contribution in [0.15, 0.2) is 46.9 Å². The molecule has 3 rings (SSSR count). The largest absolute Gasteiger partial charge is 0.493 e. The number of hydrogen-bond donors (Lipinski definition) is 1. The third kappa shape index (κ3) is 3.57. The average Bonchev–Trinajstić information content (AvgIpc) is 3.21. The predicted octanol–water partition coefficient (Wildman–Crippen LogP) is 4.34. The molecule has 0 aliphatic carbocycles. The van der Waals surface area contributed by atoms with Crippen molar-refractivity contribution in [2.24, 2.45) is 5.10 Å². The van der Waals surface area contributed by atoms with Gasteiger partial charge in [0, 0.05) is 5.56 Å². The number of aromatic nitrogens is 3. The molecule has 0 atom stereocenters. The van der Waals surface area contributed by atoms with Crippen molar-refractivity contribution in [1.82, 2.24) is 14.9 Å². The highest BCUT2D eigenvalue weighted by molar-refractivity contribution is 7.71. The molecule has 2 aromatic heterocycles. The van der Waals surface area contributed by atoms with E-state index in [2.05, 4.69) is 22.2 Å². The lowest BCUT2D eigenvalue weighted by atomic mass is 10.2. The Balaban J connectivity index is 1.93. The van der Waals surface area contributed by atoms with E-state index >= 15 is 0 Å². The van der Waals surface area contributed by atoms with Crippen LogP contribution < -0.4 is 4.74 Å². The van der Waals surface area contributed by atoms with E-state index in [1.807, 2.05) is 41.8 Å². The minimum Gasteiger partial charge on any atom is -0.493 e. The minimum absolute atomic E-state index is 0.455. The molecular formula is C16H16N4OS2. The summed E-state index contributed by atoms with van der Waals surface area (Å²) in [4.78, 5) is 1.00. The normalized spacial score (nSPS) is 11.2. The van der Waals surface area contributed by atoms with Crippen LogP contribution in [-0.4, -0.2) is 27.7 Å². The van der Waals surface area contributed by atoms with Crippen molar-refractivity contribution in [3.63, 3.8) is 0 Å². The van der Waals surface area contributed by atoms with Crippen molar-refractivity contribution < 1.29 is 4.74 Å². The molecule has 0 spiro atoms. The SMILES string of the molecule is CCCOc1ccccc1/C=N\n1c(-c2cccs2)n[nH]c1=S. The Morgan fingerprint density at radius 3 is 3.00 bits per heavy atom. The van der Waals surface area contributed by atoms with Gasteiger partial charge in [0.2, 0.25) is 4.77 Å². The molecule has 2 heterocycles. The van der Waals surface area contributed by atoms with Crippen LogP contribution in [0, 0.1) is 4.77 Å².